The predicted molar refractivity (Wildman–Crippen MR) is 108 cm³/mol. The Morgan fingerprint density at radius 3 is 2.00 bits per heavy atom. The van der Waals surface area contributed by atoms with E-state index < -0.39 is 6.04 Å². The molecular weight excluding hydrogens is 323 g/mol. The fraction of sp³-hybridized carbons (Fsp3) is 0.368. The second-order valence-electron chi connectivity index (χ2n) is 5.72. The molecule has 0 aliphatic rings. The average molecular weight is 349 g/mol. The highest BCUT2D eigenvalue weighted by atomic mass is 32.4. The van der Waals surface area contributed by atoms with Gasteiger partial charge in [0.1, 0.15) is 0 Å². The third-order valence-electron chi connectivity index (χ3n) is 4.05. The minimum Gasteiger partial charge on any atom is -0.161 e. The average Bonchev–Trinajstić information content (AvgIpc) is 2.56. The van der Waals surface area contributed by atoms with Gasteiger partial charge in [-0.3, -0.25) is 0 Å². The van der Waals surface area contributed by atoms with Crippen molar-refractivity contribution in [3.8, 4) is 0 Å². The third-order valence-corrected chi connectivity index (χ3v) is 12.0. The van der Waals surface area contributed by atoms with Gasteiger partial charge in [0, 0.05) is 11.4 Å². The molecule has 0 radical (unpaired) electrons. The van der Waals surface area contributed by atoms with Crippen molar-refractivity contribution in [1.82, 2.24) is 0 Å². The lowest BCUT2D eigenvalue weighted by molar-refractivity contribution is 1.02. The third kappa shape index (κ3) is 3.85. The molecule has 0 aliphatic heterocycles. The fourth-order valence-electron chi connectivity index (χ4n) is 2.83. The van der Waals surface area contributed by atoms with Crippen LogP contribution in [-0.2, 0) is 11.8 Å². The molecule has 0 spiro atoms. The molecule has 2 aromatic carbocycles. The Bertz CT molecular complexity index is 608. The number of hydrogen-bond donors (Lipinski definition) is 0. The van der Waals surface area contributed by atoms with Crippen molar-refractivity contribution < 1.29 is 0 Å². The lowest BCUT2D eigenvalue weighted by atomic mass is 10.2. The van der Waals surface area contributed by atoms with Gasteiger partial charge in [0.25, 0.3) is 0 Å². The SMILES string of the molecule is CCSCC(c1ccccc1)[P@@](=S)(c1ccccc1)C(C)C. The molecular formula is C19H25PS2. The molecule has 1 unspecified atom stereocenters. The zero-order valence-corrected chi connectivity index (χ0v) is 16.1. The molecule has 2 rings (SSSR count). The highest BCUT2D eigenvalue weighted by molar-refractivity contribution is 8.19. The van der Waals surface area contributed by atoms with Gasteiger partial charge in [-0.2, -0.15) is 11.8 Å². The Labute approximate surface area is 144 Å². The zero-order valence-electron chi connectivity index (χ0n) is 13.6. The summed E-state index contributed by atoms with van der Waals surface area (Å²) in [6.45, 7) is 6.84. The van der Waals surface area contributed by atoms with E-state index in [9.17, 15) is 0 Å². The second-order valence-corrected chi connectivity index (χ2v) is 12.4. The Morgan fingerprint density at radius 2 is 1.50 bits per heavy atom. The minimum absolute atomic E-state index is 0.455. The van der Waals surface area contributed by atoms with Crippen LogP contribution in [0, 0.1) is 0 Å². The van der Waals surface area contributed by atoms with E-state index in [2.05, 4.69) is 81.4 Å². The van der Waals surface area contributed by atoms with Crippen LogP contribution in [-0.4, -0.2) is 17.2 Å². The molecule has 0 aromatic heterocycles. The maximum atomic E-state index is 6.41. The topological polar surface area (TPSA) is 0 Å². The highest BCUT2D eigenvalue weighted by Crippen LogP contribution is 2.62. The molecule has 2 aromatic rings. The van der Waals surface area contributed by atoms with Gasteiger partial charge < -0.3 is 0 Å². The Balaban J connectivity index is 2.52. The summed E-state index contributed by atoms with van der Waals surface area (Å²) in [4.78, 5) is 0. The van der Waals surface area contributed by atoms with Gasteiger partial charge in [0.15, 0.2) is 0 Å². The van der Waals surface area contributed by atoms with E-state index in [0.29, 0.717) is 11.3 Å². The van der Waals surface area contributed by atoms with E-state index in [0.717, 1.165) is 11.5 Å². The van der Waals surface area contributed by atoms with Crippen LogP contribution in [0.4, 0.5) is 0 Å². The van der Waals surface area contributed by atoms with E-state index >= 15 is 0 Å². The molecule has 0 bridgehead atoms. The molecule has 0 N–H and O–H groups in total. The number of rotatable bonds is 7. The van der Waals surface area contributed by atoms with Crippen LogP contribution in [0.5, 0.6) is 0 Å². The van der Waals surface area contributed by atoms with Gasteiger partial charge in [0.05, 0.1) is 0 Å². The van der Waals surface area contributed by atoms with E-state index in [1.54, 1.807) is 0 Å². The Hall–Kier alpha value is -0.560. The molecule has 22 heavy (non-hydrogen) atoms. The van der Waals surface area contributed by atoms with E-state index in [1.807, 2.05) is 11.8 Å². The zero-order chi connectivity index (χ0) is 16.0. The summed E-state index contributed by atoms with van der Waals surface area (Å²) >= 11 is 8.42. The Kier molecular flexibility index (Phi) is 6.74. The summed E-state index contributed by atoms with van der Waals surface area (Å²) in [6.07, 6.45) is 0. The molecule has 3 heteroatoms. The van der Waals surface area contributed by atoms with Crippen molar-refractivity contribution in [3.05, 3.63) is 66.2 Å². The summed E-state index contributed by atoms with van der Waals surface area (Å²) in [7, 11) is 0. The largest absolute Gasteiger partial charge is 0.161 e. The van der Waals surface area contributed by atoms with Gasteiger partial charge in [-0.1, -0.05) is 93.2 Å². The predicted octanol–water partition coefficient (Wildman–Crippen LogP) is 5.69. The van der Waals surface area contributed by atoms with Crippen molar-refractivity contribution in [3.63, 3.8) is 0 Å². The second kappa shape index (κ2) is 8.34. The first-order chi connectivity index (χ1) is 10.6. The lowest BCUT2D eigenvalue weighted by Gasteiger charge is -2.35. The van der Waals surface area contributed by atoms with Crippen LogP contribution in [0.2, 0.25) is 0 Å². The van der Waals surface area contributed by atoms with Gasteiger partial charge in [-0.05, 0) is 28.3 Å². The van der Waals surface area contributed by atoms with Crippen molar-refractivity contribution in [1.29, 1.82) is 0 Å². The van der Waals surface area contributed by atoms with Crippen LogP contribution < -0.4 is 5.30 Å². The van der Waals surface area contributed by atoms with Crippen molar-refractivity contribution >= 4 is 34.9 Å². The van der Waals surface area contributed by atoms with Crippen molar-refractivity contribution in [2.75, 3.05) is 11.5 Å². The van der Waals surface area contributed by atoms with Crippen molar-refractivity contribution in [2.45, 2.75) is 32.1 Å². The number of hydrogen-bond acceptors (Lipinski definition) is 2. The highest BCUT2D eigenvalue weighted by Gasteiger charge is 2.34. The summed E-state index contributed by atoms with van der Waals surface area (Å²) < 4.78 is 0. The molecule has 0 amide bonds. The molecule has 0 aliphatic carbocycles. The fourth-order valence-corrected chi connectivity index (χ4v) is 8.89. The molecule has 0 nitrogen and oxygen atoms in total. The molecule has 2 atom stereocenters. The van der Waals surface area contributed by atoms with Crippen LogP contribution in [0.25, 0.3) is 0 Å². The van der Waals surface area contributed by atoms with Crippen LogP contribution in [0.1, 0.15) is 32.0 Å². The summed E-state index contributed by atoms with van der Waals surface area (Å²) in [5, 5.41) is 1.38. The van der Waals surface area contributed by atoms with E-state index in [1.165, 1.54) is 10.9 Å². The normalized spacial score (nSPS) is 15.5. The summed E-state index contributed by atoms with van der Waals surface area (Å²) in [5.41, 5.74) is 2.37. The van der Waals surface area contributed by atoms with Crippen molar-refractivity contribution in [2.24, 2.45) is 0 Å². The molecule has 118 valence electrons. The summed E-state index contributed by atoms with van der Waals surface area (Å²) in [6, 6.07) is 20.0. The van der Waals surface area contributed by atoms with E-state index in [-0.39, 0.29) is 0 Å². The standard InChI is InChI=1S/C19H25PS2/c1-4-22-15-19(17-11-7-5-8-12-17)20(21,16(2)3)18-13-9-6-10-14-18/h5-14,16,19H,4,15H2,1-3H3/t19?,20-/m0/s1. The summed E-state index contributed by atoms with van der Waals surface area (Å²) in [5.74, 6) is 2.26. The molecule has 0 fully saturated rings. The lowest BCUT2D eigenvalue weighted by Crippen LogP contribution is -2.20. The van der Waals surface area contributed by atoms with Crippen LogP contribution in [0.3, 0.4) is 0 Å². The maximum Gasteiger partial charge on any atom is 0.0263 e. The first-order valence-corrected chi connectivity index (χ1v) is 12.0. The smallest absolute Gasteiger partial charge is 0.0263 e. The first-order valence-electron chi connectivity index (χ1n) is 7.88. The monoisotopic (exact) mass is 348 g/mol. The minimum atomic E-state index is -1.69. The Morgan fingerprint density at radius 1 is 0.955 bits per heavy atom. The molecule has 0 saturated heterocycles. The van der Waals surface area contributed by atoms with Gasteiger partial charge in [-0.25, -0.2) is 0 Å². The maximum absolute atomic E-state index is 6.41. The van der Waals surface area contributed by atoms with Crippen LogP contribution >= 0.6 is 17.8 Å². The number of thioether (sulfide) groups is 1. The van der Waals surface area contributed by atoms with Gasteiger partial charge in [-0.15, -0.1) is 0 Å². The van der Waals surface area contributed by atoms with E-state index in [4.69, 9.17) is 11.8 Å². The van der Waals surface area contributed by atoms with Crippen LogP contribution in [0.15, 0.2) is 60.7 Å². The van der Waals surface area contributed by atoms with Gasteiger partial charge in [0.2, 0.25) is 0 Å². The molecule has 0 heterocycles. The molecule has 0 saturated carbocycles. The number of benzene rings is 2. The van der Waals surface area contributed by atoms with Gasteiger partial charge >= 0.3 is 0 Å². The quantitative estimate of drug-likeness (QED) is 0.589. The first kappa shape index (κ1) is 17.8.